The van der Waals surface area contributed by atoms with Crippen molar-refractivity contribution in [1.82, 2.24) is 0 Å². The lowest BCUT2D eigenvalue weighted by molar-refractivity contribution is 0.631. The molecule has 0 aliphatic carbocycles. The molecule has 0 aliphatic heterocycles. The first kappa shape index (κ1) is 13.4. The standard InChI is InChI=1S/C19H16FN/c1-21(16-10-6-3-7-11-16)17-12-13-19(20)18(14-17)15-8-4-2-5-9-15/h2-14H,1H3. The summed E-state index contributed by atoms with van der Waals surface area (Å²) in [5.74, 6) is -0.202. The van der Waals surface area contributed by atoms with Crippen LogP contribution in [0.5, 0.6) is 0 Å². The number of benzene rings is 3. The number of hydrogen-bond acceptors (Lipinski definition) is 1. The van der Waals surface area contributed by atoms with Crippen molar-refractivity contribution in [3.05, 3.63) is 84.7 Å². The first-order valence-electron chi connectivity index (χ1n) is 6.89. The molecule has 0 heterocycles. The number of para-hydroxylation sites is 1. The van der Waals surface area contributed by atoms with Crippen molar-refractivity contribution in [1.29, 1.82) is 0 Å². The zero-order valence-electron chi connectivity index (χ0n) is 11.8. The van der Waals surface area contributed by atoms with Gasteiger partial charge in [0.15, 0.2) is 0 Å². The van der Waals surface area contributed by atoms with Gasteiger partial charge in [-0.1, -0.05) is 48.5 Å². The number of nitrogens with zero attached hydrogens (tertiary/aromatic N) is 1. The van der Waals surface area contributed by atoms with Crippen molar-refractivity contribution >= 4 is 11.4 Å². The molecular weight excluding hydrogens is 261 g/mol. The summed E-state index contributed by atoms with van der Waals surface area (Å²) in [6.07, 6.45) is 0. The Bertz CT molecular complexity index is 723. The van der Waals surface area contributed by atoms with Gasteiger partial charge in [0.05, 0.1) is 0 Å². The molecule has 0 amide bonds. The molecule has 1 nitrogen and oxygen atoms in total. The van der Waals surface area contributed by atoms with Crippen LogP contribution in [-0.2, 0) is 0 Å². The molecule has 3 aromatic carbocycles. The molecule has 0 atom stereocenters. The fraction of sp³-hybridized carbons (Fsp3) is 0.0526. The van der Waals surface area contributed by atoms with Gasteiger partial charge in [-0.05, 0) is 35.9 Å². The van der Waals surface area contributed by atoms with Gasteiger partial charge >= 0.3 is 0 Å². The van der Waals surface area contributed by atoms with Gasteiger partial charge in [-0.15, -0.1) is 0 Å². The topological polar surface area (TPSA) is 3.24 Å². The fourth-order valence-corrected chi connectivity index (χ4v) is 2.36. The smallest absolute Gasteiger partial charge is 0.131 e. The molecule has 104 valence electrons. The fourth-order valence-electron chi connectivity index (χ4n) is 2.36. The lowest BCUT2D eigenvalue weighted by atomic mass is 10.0. The second-order valence-corrected chi connectivity index (χ2v) is 4.92. The number of halogens is 1. The summed E-state index contributed by atoms with van der Waals surface area (Å²) in [6, 6.07) is 24.9. The summed E-state index contributed by atoms with van der Waals surface area (Å²) in [7, 11) is 1.98. The SMILES string of the molecule is CN(c1ccccc1)c1ccc(F)c(-c2ccccc2)c1. The Hall–Kier alpha value is -2.61. The van der Waals surface area contributed by atoms with Gasteiger partial charge in [0.25, 0.3) is 0 Å². The monoisotopic (exact) mass is 277 g/mol. The molecule has 3 rings (SSSR count). The Labute approximate surface area is 124 Å². The molecular formula is C19H16FN. The van der Waals surface area contributed by atoms with E-state index in [1.165, 1.54) is 6.07 Å². The van der Waals surface area contributed by atoms with Gasteiger partial charge < -0.3 is 4.90 Å². The Kier molecular flexibility index (Phi) is 3.69. The van der Waals surface area contributed by atoms with Crippen molar-refractivity contribution in [3.8, 4) is 11.1 Å². The van der Waals surface area contributed by atoms with Crippen LogP contribution in [0.3, 0.4) is 0 Å². The molecule has 0 saturated carbocycles. The first-order valence-corrected chi connectivity index (χ1v) is 6.89. The number of rotatable bonds is 3. The van der Waals surface area contributed by atoms with Crippen LogP contribution in [0.1, 0.15) is 0 Å². The average Bonchev–Trinajstić information content (AvgIpc) is 2.56. The number of anilines is 2. The van der Waals surface area contributed by atoms with Crippen molar-refractivity contribution in [2.24, 2.45) is 0 Å². The van der Waals surface area contributed by atoms with Crippen molar-refractivity contribution in [2.45, 2.75) is 0 Å². The molecule has 0 N–H and O–H groups in total. The summed E-state index contributed by atoms with van der Waals surface area (Å²) in [6.45, 7) is 0. The third-order valence-corrected chi connectivity index (χ3v) is 3.57. The third kappa shape index (κ3) is 2.79. The van der Waals surface area contributed by atoms with Crippen LogP contribution in [-0.4, -0.2) is 7.05 Å². The van der Waals surface area contributed by atoms with Gasteiger partial charge in [0, 0.05) is 24.0 Å². The van der Waals surface area contributed by atoms with E-state index in [0.29, 0.717) is 5.56 Å². The second kappa shape index (κ2) is 5.80. The normalized spacial score (nSPS) is 10.4. The van der Waals surface area contributed by atoms with E-state index in [1.807, 2.05) is 78.7 Å². The van der Waals surface area contributed by atoms with Crippen molar-refractivity contribution < 1.29 is 4.39 Å². The predicted octanol–water partition coefficient (Wildman–Crippen LogP) is 5.26. The van der Waals surface area contributed by atoms with Crippen LogP contribution in [0.25, 0.3) is 11.1 Å². The molecule has 0 fully saturated rings. The average molecular weight is 277 g/mol. The summed E-state index contributed by atoms with van der Waals surface area (Å²) in [5, 5.41) is 0. The minimum absolute atomic E-state index is 0.202. The van der Waals surface area contributed by atoms with E-state index in [1.54, 1.807) is 6.07 Å². The van der Waals surface area contributed by atoms with Crippen LogP contribution >= 0.6 is 0 Å². The maximum absolute atomic E-state index is 14.1. The molecule has 0 saturated heterocycles. The van der Waals surface area contributed by atoms with E-state index >= 15 is 0 Å². The quantitative estimate of drug-likeness (QED) is 0.631. The van der Waals surface area contributed by atoms with Crippen LogP contribution in [0.2, 0.25) is 0 Å². The highest BCUT2D eigenvalue weighted by atomic mass is 19.1. The molecule has 0 aliphatic rings. The molecule has 0 radical (unpaired) electrons. The first-order chi connectivity index (χ1) is 10.3. The lowest BCUT2D eigenvalue weighted by Gasteiger charge is -2.20. The summed E-state index contributed by atoms with van der Waals surface area (Å²) < 4.78 is 14.1. The van der Waals surface area contributed by atoms with Gasteiger partial charge in [-0.25, -0.2) is 4.39 Å². The maximum atomic E-state index is 14.1. The zero-order valence-corrected chi connectivity index (χ0v) is 11.8. The Morgan fingerprint density at radius 1 is 0.714 bits per heavy atom. The molecule has 3 aromatic rings. The molecule has 0 aromatic heterocycles. The molecule has 0 unspecified atom stereocenters. The largest absolute Gasteiger partial charge is 0.345 e. The van der Waals surface area contributed by atoms with Crippen LogP contribution in [0.4, 0.5) is 15.8 Å². The predicted molar refractivity (Wildman–Crippen MR) is 86.3 cm³/mol. The van der Waals surface area contributed by atoms with Crippen LogP contribution in [0, 0.1) is 5.82 Å². The lowest BCUT2D eigenvalue weighted by Crippen LogP contribution is -2.09. The van der Waals surface area contributed by atoms with Gasteiger partial charge in [0.1, 0.15) is 5.82 Å². The third-order valence-electron chi connectivity index (χ3n) is 3.57. The molecule has 0 spiro atoms. The van der Waals surface area contributed by atoms with Gasteiger partial charge in [0.2, 0.25) is 0 Å². The summed E-state index contributed by atoms with van der Waals surface area (Å²) in [5.41, 5.74) is 3.54. The van der Waals surface area contributed by atoms with E-state index in [-0.39, 0.29) is 5.82 Å². The van der Waals surface area contributed by atoms with Crippen LogP contribution in [0.15, 0.2) is 78.9 Å². The van der Waals surface area contributed by atoms with E-state index in [9.17, 15) is 4.39 Å². The highest BCUT2D eigenvalue weighted by Gasteiger charge is 2.09. The van der Waals surface area contributed by atoms with E-state index < -0.39 is 0 Å². The van der Waals surface area contributed by atoms with Gasteiger partial charge in [-0.2, -0.15) is 0 Å². The summed E-state index contributed by atoms with van der Waals surface area (Å²) in [4.78, 5) is 2.05. The zero-order chi connectivity index (χ0) is 14.7. The highest BCUT2D eigenvalue weighted by molar-refractivity contribution is 5.72. The molecule has 2 heteroatoms. The Morgan fingerprint density at radius 3 is 2.00 bits per heavy atom. The molecule has 21 heavy (non-hydrogen) atoms. The Morgan fingerprint density at radius 2 is 1.33 bits per heavy atom. The maximum Gasteiger partial charge on any atom is 0.131 e. The van der Waals surface area contributed by atoms with Crippen molar-refractivity contribution in [3.63, 3.8) is 0 Å². The second-order valence-electron chi connectivity index (χ2n) is 4.92. The van der Waals surface area contributed by atoms with Crippen LogP contribution < -0.4 is 4.90 Å². The highest BCUT2D eigenvalue weighted by Crippen LogP contribution is 2.30. The molecule has 0 bridgehead atoms. The minimum Gasteiger partial charge on any atom is -0.345 e. The number of hydrogen-bond donors (Lipinski definition) is 0. The van der Waals surface area contributed by atoms with E-state index in [0.717, 1.165) is 16.9 Å². The Balaban J connectivity index is 2.02. The van der Waals surface area contributed by atoms with Gasteiger partial charge in [-0.3, -0.25) is 0 Å². The van der Waals surface area contributed by atoms with Crippen molar-refractivity contribution in [2.75, 3.05) is 11.9 Å². The van der Waals surface area contributed by atoms with E-state index in [2.05, 4.69) is 0 Å². The summed E-state index contributed by atoms with van der Waals surface area (Å²) >= 11 is 0. The van der Waals surface area contributed by atoms with E-state index in [4.69, 9.17) is 0 Å². The minimum atomic E-state index is -0.202.